The van der Waals surface area contributed by atoms with Gasteiger partial charge in [0.25, 0.3) is 5.91 Å². The fourth-order valence-corrected chi connectivity index (χ4v) is 3.30. The predicted octanol–water partition coefficient (Wildman–Crippen LogP) is 1.67. The molecule has 0 radical (unpaired) electrons. The van der Waals surface area contributed by atoms with E-state index >= 15 is 0 Å². The number of anilines is 1. The van der Waals surface area contributed by atoms with Crippen molar-refractivity contribution in [2.75, 3.05) is 32.1 Å². The lowest BCUT2D eigenvalue weighted by atomic mass is 10.1. The zero-order valence-corrected chi connectivity index (χ0v) is 20.4. The number of ether oxygens (including phenoxy) is 1. The number of carbonyl (C=O) groups is 4. The molecule has 0 aliphatic heterocycles. The van der Waals surface area contributed by atoms with Gasteiger partial charge in [-0.25, -0.2) is 4.98 Å². The number of nitrogens with one attached hydrogen (secondary N) is 2. The van der Waals surface area contributed by atoms with Gasteiger partial charge in [-0.3, -0.25) is 23.9 Å². The van der Waals surface area contributed by atoms with Gasteiger partial charge in [-0.2, -0.15) is 0 Å². The molecule has 190 valence electrons. The highest BCUT2D eigenvalue weighted by Gasteiger charge is 2.14. The Kier molecular flexibility index (Phi) is 12.2. The predicted molar refractivity (Wildman–Crippen MR) is 128 cm³/mol. The number of rotatable bonds is 16. The Hall–Kier alpha value is -3.54. The average molecular weight is 508 g/mol. The van der Waals surface area contributed by atoms with Gasteiger partial charge in [0, 0.05) is 25.7 Å². The first-order valence-corrected chi connectivity index (χ1v) is 11.7. The standard InChI is InChI=1S/C22H30ClN7O5/c1-35-20(33)7-5-3-2-4-6-10-24-22(34)18-9-8-17(21(23)27-18)26-19(32)15-29(16-31)13-14-30-12-11-25-28-30/h8-9,11-12,16H,2-7,10,13-15H2,1H3,(H,24,34)(H,26,32). The van der Waals surface area contributed by atoms with Crippen LogP contribution in [-0.2, 0) is 25.7 Å². The van der Waals surface area contributed by atoms with Crippen LogP contribution in [0.4, 0.5) is 5.69 Å². The summed E-state index contributed by atoms with van der Waals surface area (Å²) in [5.41, 5.74) is 0.371. The minimum atomic E-state index is -0.455. The molecule has 35 heavy (non-hydrogen) atoms. The maximum Gasteiger partial charge on any atom is 0.305 e. The van der Waals surface area contributed by atoms with E-state index in [1.807, 2.05) is 0 Å². The van der Waals surface area contributed by atoms with E-state index in [9.17, 15) is 19.2 Å². The van der Waals surface area contributed by atoms with E-state index in [0.717, 1.165) is 32.1 Å². The smallest absolute Gasteiger partial charge is 0.305 e. The first kappa shape index (κ1) is 27.7. The molecule has 2 aromatic heterocycles. The van der Waals surface area contributed by atoms with Gasteiger partial charge < -0.3 is 20.3 Å². The van der Waals surface area contributed by atoms with Gasteiger partial charge in [-0.1, -0.05) is 36.1 Å². The number of amides is 3. The van der Waals surface area contributed by atoms with Crippen molar-refractivity contribution < 1.29 is 23.9 Å². The molecule has 0 saturated carbocycles. The van der Waals surface area contributed by atoms with Crippen LogP contribution >= 0.6 is 11.6 Å². The number of unbranched alkanes of at least 4 members (excludes halogenated alkanes) is 4. The van der Waals surface area contributed by atoms with E-state index in [-0.39, 0.29) is 41.5 Å². The molecule has 0 atom stereocenters. The van der Waals surface area contributed by atoms with Crippen molar-refractivity contribution in [3.8, 4) is 0 Å². The molecule has 0 spiro atoms. The molecular formula is C22H30ClN7O5. The molecule has 0 fully saturated rings. The minimum Gasteiger partial charge on any atom is -0.469 e. The van der Waals surface area contributed by atoms with Gasteiger partial charge in [0.2, 0.25) is 12.3 Å². The number of hydrogen-bond donors (Lipinski definition) is 2. The summed E-state index contributed by atoms with van der Waals surface area (Å²) < 4.78 is 6.15. The van der Waals surface area contributed by atoms with Crippen LogP contribution < -0.4 is 10.6 Å². The zero-order chi connectivity index (χ0) is 25.5. The number of hydrogen-bond acceptors (Lipinski definition) is 8. The molecule has 2 N–H and O–H groups in total. The summed E-state index contributed by atoms with van der Waals surface area (Å²) >= 11 is 6.14. The number of aromatic nitrogens is 4. The van der Waals surface area contributed by atoms with Crippen LogP contribution in [-0.4, -0.2) is 75.8 Å². The Labute approximate surface area is 208 Å². The van der Waals surface area contributed by atoms with Crippen molar-refractivity contribution in [3.05, 3.63) is 35.4 Å². The molecule has 0 unspecified atom stereocenters. The topological polar surface area (TPSA) is 148 Å². The summed E-state index contributed by atoms with van der Waals surface area (Å²) in [6.45, 7) is 0.982. The molecule has 12 nitrogen and oxygen atoms in total. The maximum atomic E-state index is 12.3. The molecule has 2 rings (SSSR count). The lowest BCUT2D eigenvalue weighted by Crippen LogP contribution is -2.34. The Morgan fingerprint density at radius 1 is 1.17 bits per heavy atom. The lowest BCUT2D eigenvalue weighted by Gasteiger charge is -2.17. The minimum absolute atomic E-state index is 0.0307. The van der Waals surface area contributed by atoms with Gasteiger partial charge >= 0.3 is 5.97 Å². The van der Waals surface area contributed by atoms with Crippen LogP contribution in [0, 0.1) is 0 Å². The SMILES string of the molecule is COC(=O)CCCCCCCNC(=O)c1ccc(NC(=O)CN(C=O)CCn2ccnn2)c(Cl)n1. The summed E-state index contributed by atoms with van der Waals surface area (Å²) in [7, 11) is 1.38. The fraction of sp³-hybridized carbons (Fsp3) is 0.500. The summed E-state index contributed by atoms with van der Waals surface area (Å²) in [5.74, 6) is -1.02. The zero-order valence-electron chi connectivity index (χ0n) is 19.6. The number of carbonyl (C=O) groups excluding carboxylic acids is 4. The first-order valence-electron chi connectivity index (χ1n) is 11.3. The number of halogens is 1. The monoisotopic (exact) mass is 507 g/mol. The summed E-state index contributed by atoms with van der Waals surface area (Å²) in [4.78, 5) is 52.2. The number of pyridine rings is 1. The second-order valence-corrected chi connectivity index (χ2v) is 8.03. The van der Waals surface area contributed by atoms with Gasteiger partial charge in [-0.15, -0.1) is 5.10 Å². The Bertz CT molecular complexity index is 971. The van der Waals surface area contributed by atoms with Gasteiger partial charge in [0.15, 0.2) is 5.15 Å². The third kappa shape index (κ3) is 10.5. The summed E-state index contributed by atoms with van der Waals surface area (Å²) in [5, 5.41) is 12.8. The average Bonchev–Trinajstić information content (AvgIpc) is 3.38. The highest BCUT2D eigenvalue weighted by atomic mass is 35.5. The van der Waals surface area contributed by atoms with Crippen LogP contribution in [0.25, 0.3) is 0 Å². The number of methoxy groups -OCH3 is 1. The largest absolute Gasteiger partial charge is 0.469 e. The highest BCUT2D eigenvalue weighted by molar-refractivity contribution is 6.32. The summed E-state index contributed by atoms with van der Waals surface area (Å²) in [6.07, 6.45) is 8.60. The maximum absolute atomic E-state index is 12.3. The van der Waals surface area contributed by atoms with Crippen molar-refractivity contribution in [3.63, 3.8) is 0 Å². The second-order valence-electron chi connectivity index (χ2n) is 7.67. The molecule has 0 aromatic carbocycles. The first-order chi connectivity index (χ1) is 16.9. The number of esters is 1. The van der Waals surface area contributed by atoms with Crippen molar-refractivity contribution in [2.24, 2.45) is 0 Å². The van der Waals surface area contributed by atoms with Crippen LogP contribution in [0.15, 0.2) is 24.5 Å². The Morgan fingerprint density at radius 2 is 1.94 bits per heavy atom. The van der Waals surface area contributed by atoms with Gasteiger partial charge in [0.05, 0.1) is 32.1 Å². The summed E-state index contributed by atoms with van der Waals surface area (Å²) in [6, 6.07) is 2.95. The molecule has 0 aliphatic rings. The van der Waals surface area contributed by atoms with E-state index in [1.165, 1.54) is 30.3 Å². The fourth-order valence-electron chi connectivity index (χ4n) is 3.10. The normalized spacial score (nSPS) is 10.5. The highest BCUT2D eigenvalue weighted by Crippen LogP contribution is 2.19. The molecule has 3 amide bonds. The molecule has 0 bridgehead atoms. The second kappa shape index (κ2) is 15.4. The van der Waals surface area contributed by atoms with Gasteiger partial charge in [0.1, 0.15) is 5.69 Å². The third-order valence-corrected chi connectivity index (χ3v) is 5.30. The quantitative estimate of drug-likeness (QED) is 0.151. The molecule has 2 aromatic rings. The molecular weight excluding hydrogens is 478 g/mol. The van der Waals surface area contributed by atoms with Crippen molar-refractivity contribution in [1.29, 1.82) is 0 Å². The van der Waals surface area contributed by atoms with Crippen molar-refractivity contribution in [2.45, 2.75) is 45.1 Å². The van der Waals surface area contributed by atoms with Crippen LogP contribution in [0.2, 0.25) is 5.15 Å². The molecule has 2 heterocycles. The van der Waals surface area contributed by atoms with Crippen LogP contribution in [0.5, 0.6) is 0 Å². The van der Waals surface area contributed by atoms with E-state index in [4.69, 9.17) is 11.6 Å². The Balaban J connectivity index is 1.70. The molecule has 0 saturated heterocycles. The molecule has 13 heteroatoms. The van der Waals surface area contributed by atoms with E-state index < -0.39 is 5.91 Å². The van der Waals surface area contributed by atoms with E-state index in [0.29, 0.717) is 25.9 Å². The number of nitrogens with zero attached hydrogens (tertiary/aromatic N) is 5. The van der Waals surface area contributed by atoms with E-state index in [1.54, 1.807) is 10.9 Å². The van der Waals surface area contributed by atoms with Gasteiger partial charge in [-0.05, 0) is 25.0 Å². The Morgan fingerprint density at radius 3 is 2.63 bits per heavy atom. The third-order valence-electron chi connectivity index (χ3n) is 5.01. The van der Waals surface area contributed by atoms with Crippen molar-refractivity contribution in [1.82, 2.24) is 30.2 Å². The molecule has 0 aliphatic carbocycles. The van der Waals surface area contributed by atoms with Crippen LogP contribution in [0.3, 0.4) is 0 Å². The van der Waals surface area contributed by atoms with Crippen molar-refractivity contribution >= 4 is 41.5 Å². The van der Waals surface area contributed by atoms with Crippen LogP contribution in [0.1, 0.15) is 49.0 Å². The van der Waals surface area contributed by atoms with E-state index in [2.05, 4.69) is 30.7 Å². The lowest BCUT2D eigenvalue weighted by molar-refractivity contribution is -0.140.